The van der Waals surface area contributed by atoms with Gasteiger partial charge < -0.3 is 23.8 Å². The van der Waals surface area contributed by atoms with Gasteiger partial charge in [0.05, 0.1) is 36.6 Å². The number of anilines is 2. The zero-order valence-corrected chi connectivity index (χ0v) is 28.8. The molecule has 0 saturated carbocycles. The number of hydrogen-bond acceptors (Lipinski definition) is 10. The summed E-state index contributed by atoms with van der Waals surface area (Å²) in [7, 11) is 3.94. The van der Waals surface area contributed by atoms with E-state index in [0.717, 1.165) is 37.7 Å². The van der Waals surface area contributed by atoms with Crippen molar-refractivity contribution in [2.75, 3.05) is 56.9 Å². The molecule has 0 radical (unpaired) electrons. The minimum Gasteiger partial charge on any atom is -0.458 e. The average Bonchev–Trinajstić information content (AvgIpc) is 3.40. The van der Waals surface area contributed by atoms with Crippen LogP contribution in [0.15, 0.2) is 60.8 Å². The van der Waals surface area contributed by atoms with Gasteiger partial charge in [0.2, 0.25) is 0 Å². The second-order valence-corrected chi connectivity index (χ2v) is 14.0. The number of pyridine rings is 1. The van der Waals surface area contributed by atoms with E-state index in [4.69, 9.17) is 23.9 Å². The standard InChI is InChI=1S/C35H44N4O6S/c1-34(2,3)44-31(40)23-43-20-19-42-18-17-39(33(41)45-35(4,5)6)27-14-15-28-29(21-27)46-32(37-28)25-11-9-24(10-12-25)26-13-16-30(36-22-26)38(7)8/h9-16,21-22H,17-20,23H2,1-8H3. The molecule has 246 valence electrons. The number of carbonyl (C=O) groups is 2. The number of thiazole rings is 1. The van der Waals surface area contributed by atoms with Gasteiger partial charge in [-0.05, 0) is 77.4 Å². The van der Waals surface area contributed by atoms with E-state index in [0.29, 0.717) is 5.69 Å². The Morgan fingerprint density at radius 3 is 2.07 bits per heavy atom. The molecule has 0 aliphatic carbocycles. The number of carbonyl (C=O) groups excluding carboxylic acids is 2. The third-order valence-electron chi connectivity index (χ3n) is 6.44. The number of benzene rings is 2. The predicted molar refractivity (Wildman–Crippen MR) is 184 cm³/mol. The van der Waals surface area contributed by atoms with E-state index in [9.17, 15) is 9.59 Å². The van der Waals surface area contributed by atoms with Crippen molar-refractivity contribution < 1.29 is 28.5 Å². The molecule has 2 heterocycles. The van der Waals surface area contributed by atoms with E-state index in [-0.39, 0.29) is 33.0 Å². The molecular formula is C35H44N4O6S. The Morgan fingerprint density at radius 1 is 0.783 bits per heavy atom. The van der Waals surface area contributed by atoms with E-state index in [1.165, 1.54) is 0 Å². The molecule has 46 heavy (non-hydrogen) atoms. The lowest BCUT2D eigenvalue weighted by Crippen LogP contribution is -2.39. The zero-order chi connectivity index (χ0) is 33.5. The minimum atomic E-state index is -0.663. The molecule has 0 unspecified atom stereocenters. The van der Waals surface area contributed by atoms with Crippen LogP contribution in [0.4, 0.5) is 16.3 Å². The summed E-state index contributed by atoms with van der Waals surface area (Å²) in [5.41, 5.74) is 3.44. The molecule has 0 fully saturated rings. The van der Waals surface area contributed by atoms with Gasteiger partial charge in [-0.2, -0.15) is 0 Å². The van der Waals surface area contributed by atoms with Crippen LogP contribution in [0, 0.1) is 0 Å². The maximum Gasteiger partial charge on any atom is 0.414 e. The Balaban J connectivity index is 1.41. The third-order valence-corrected chi connectivity index (χ3v) is 7.51. The highest BCUT2D eigenvalue weighted by Gasteiger charge is 2.24. The molecular weight excluding hydrogens is 604 g/mol. The van der Waals surface area contributed by atoms with E-state index in [2.05, 4.69) is 35.3 Å². The number of amides is 1. The van der Waals surface area contributed by atoms with Crippen molar-refractivity contribution >= 4 is 45.1 Å². The highest BCUT2D eigenvalue weighted by Crippen LogP contribution is 2.34. The maximum absolute atomic E-state index is 13.2. The number of rotatable bonds is 12. The Labute approximate surface area is 275 Å². The molecule has 0 N–H and O–H groups in total. The van der Waals surface area contributed by atoms with E-state index in [1.54, 1.807) is 37.0 Å². The number of esters is 1. The van der Waals surface area contributed by atoms with Gasteiger partial charge >= 0.3 is 12.1 Å². The first-order valence-corrected chi connectivity index (χ1v) is 16.0. The third kappa shape index (κ3) is 10.2. The summed E-state index contributed by atoms with van der Waals surface area (Å²) in [6.07, 6.45) is 1.41. The summed E-state index contributed by atoms with van der Waals surface area (Å²) in [4.78, 5) is 37.9. The Morgan fingerprint density at radius 2 is 1.43 bits per heavy atom. The van der Waals surface area contributed by atoms with Gasteiger partial charge in [-0.15, -0.1) is 11.3 Å². The Bertz CT molecular complexity index is 1610. The van der Waals surface area contributed by atoms with Gasteiger partial charge in [-0.3, -0.25) is 4.90 Å². The molecule has 11 heteroatoms. The van der Waals surface area contributed by atoms with Crippen molar-refractivity contribution in [2.24, 2.45) is 0 Å². The number of ether oxygens (including phenoxy) is 4. The SMILES string of the molecule is CN(C)c1ccc(-c2ccc(-c3nc4ccc(N(CCOCCOCC(=O)OC(C)(C)C)C(=O)OC(C)(C)C)cc4s3)cc2)cn1. The van der Waals surface area contributed by atoms with Crippen LogP contribution < -0.4 is 9.80 Å². The van der Waals surface area contributed by atoms with Crippen molar-refractivity contribution in [1.82, 2.24) is 9.97 Å². The van der Waals surface area contributed by atoms with E-state index in [1.807, 2.05) is 70.2 Å². The molecule has 0 bridgehead atoms. The Kier molecular flexibility index (Phi) is 11.4. The second-order valence-electron chi connectivity index (χ2n) is 12.9. The average molecular weight is 649 g/mol. The van der Waals surface area contributed by atoms with Gasteiger partial charge in [0.1, 0.15) is 28.6 Å². The minimum absolute atomic E-state index is 0.145. The summed E-state index contributed by atoms with van der Waals surface area (Å²) >= 11 is 1.56. The molecule has 0 aliphatic heterocycles. The summed E-state index contributed by atoms with van der Waals surface area (Å²) in [5, 5.41) is 0.887. The second kappa shape index (κ2) is 15.0. The van der Waals surface area contributed by atoms with Crippen LogP contribution in [-0.4, -0.2) is 80.3 Å². The zero-order valence-electron chi connectivity index (χ0n) is 28.0. The molecule has 2 aromatic heterocycles. The molecule has 1 amide bonds. The molecule has 0 saturated heterocycles. The lowest BCUT2D eigenvalue weighted by atomic mass is 10.1. The molecule has 4 aromatic rings. The summed E-state index contributed by atoms with van der Waals surface area (Å²) < 4.78 is 23.0. The normalized spacial score (nSPS) is 11.8. The summed E-state index contributed by atoms with van der Waals surface area (Å²) in [6, 6.07) is 18.1. The van der Waals surface area contributed by atoms with Crippen LogP contribution in [0.1, 0.15) is 41.5 Å². The van der Waals surface area contributed by atoms with Crippen LogP contribution >= 0.6 is 11.3 Å². The van der Waals surface area contributed by atoms with Gasteiger partial charge in [-0.25, -0.2) is 19.6 Å². The quantitative estimate of drug-likeness (QED) is 0.116. The number of nitrogens with zero attached hydrogens (tertiary/aromatic N) is 4. The van der Waals surface area contributed by atoms with Crippen LogP contribution in [0.2, 0.25) is 0 Å². The van der Waals surface area contributed by atoms with Crippen LogP contribution in [-0.2, 0) is 23.7 Å². The molecule has 10 nitrogen and oxygen atoms in total. The van der Waals surface area contributed by atoms with Crippen LogP contribution in [0.25, 0.3) is 31.9 Å². The largest absolute Gasteiger partial charge is 0.458 e. The highest BCUT2D eigenvalue weighted by molar-refractivity contribution is 7.21. The number of hydrogen-bond donors (Lipinski definition) is 0. The van der Waals surface area contributed by atoms with Crippen molar-refractivity contribution in [2.45, 2.75) is 52.7 Å². The van der Waals surface area contributed by atoms with Crippen molar-refractivity contribution in [3.8, 4) is 21.7 Å². The number of aromatic nitrogens is 2. The predicted octanol–water partition coefficient (Wildman–Crippen LogP) is 7.21. The lowest BCUT2D eigenvalue weighted by Gasteiger charge is -2.27. The molecule has 0 spiro atoms. The maximum atomic E-state index is 13.2. The molecule has 2 aromatic carbocycles. The fraction of sp³-hybridized carbons (Fsp3) is 0.429. The summed E-state index contributed by atoms with van der Waals surface area (Å²) in [6.45, 7) is 11.8. The van der Waals surface area contributed by atoms with Crippen molar-refractivity contribution in [1.29, 1.82) is 0 Å². The number of fused-ring (bicyclic) bond motifs is 1. The fourth-order valence-electron chi connectivity index (χ4n) is 4.38. The lowest BCUT2D eigenvalue weighted by molar-refractivity contribution is -0.160. The van der Waals surface area contributed by atoms with Gasteiger partial charge in [0, 0.05) is 37.1 Å². The summed E-state index contributed by atoms with van der Waals surface area (Å²) in [5.74, 6) is 0.486. The molecule has 4 rings (SSSR count). The van der Waals surface area contributed by atoms with Crippen molar-refractivity contribution in [3.63, 3.8) is 0 Å². The molecule has 0 aliphatic rings. The Hall–Kier alpha value is -4.06. The van der Waals surface area contributed by atoms with E-state index >= 15 is 0 Å². The molecule has 0 atom stereocenters. The van der Waals surface area contributed by atoms with Gasteiger partial charge in [0.15, 0.2) is 0 Å². The monoisotopic (exact) mass is 648 g/mol. The van der Waals surface area contributed by atoms with E-state index < -0.39 is 23.3 Å². The van der Waals surface area contributed by atoms with Gasteiger partial charge in [-0.1, -0.05) is 24.3 Å². The smallest absolute Gasteiger partial charge is 0.414 e. The first kappa shape index (κ1) is 34.8. The van der Waals surface area contributed by atoms with Gasteiger partial charge in [0.25, 0.3) is 0 Å². The van der Waals surface area contributed by atoms with Crippen LogP contribution in [0.5, 0.6) is 0 Å². The topological polar surface area (TPSA) is 103 Å². The first-order chi connectivity index (χ1) is 21.7. The van der Waals surface area contributed by atoms with Crippen LogP contribution in [0.3, 0.4) is 0 Å². The van der Waals surface area contributed by atoms with Crippen molar-refractivity contribution in [3.05, 3.63) is 60.8 Å². The fourth-order valence-corrected chi connectivity index (χ4v) is 5.38. The highest BCUT2D eigenvalue weighted by atomic mass is 32.1. The first-order valence-electron chi connectivity index (χ1n) is 15.2.